The number of hydrogen-bond donors (Lipinski definition) is 2. The molecule has 0 bridgehead atoms. The van der Waals surface area contributed by atoms with E-state index in [1.807, 2.05) is 36.1 Å². The molecule has 1 atom stereocenters. The molecule has 3 rings (SSSR count). The topological polar surface area (TPSA) is 52.6 Å². The molecule has 0 aromatic heterocycles. The maximum atomic E-state index is 12.6. The molecular formula is C21H26N2O2. The first kappa shape index (κ1) is 17.3. The van der Waals surface area contributed by atoms with E-state index in [4.69, 9.17) is 0 Å². The summed E-state index contributed by atoms with van der Waals surface area (Å²) < 4.78 is 0. The maximum Gasteiger partial charge on any atom is 0.317 e. The minimum Gasteiger partial charge on any atom is -0.508 e. The predicted octanol–water partition coefficient (Wildman–Crippen LogP) is 4.35. The summed E-state index contributed by atoms with van der Waals surface area (Å²) in [5.41, 5.74) is 3.60. The summed E-state index contributed by atoms with van der Waals surface area (Å²) in [7, 11) is 0. The molecule has 0 aliphatic carbocycles. The number of urea groups is 1. The average molecular weight is 338 g/mol. The van der Waals surface area contributed by atoms with Gasteiger partial charge in [-0.25, -0.2) is 4.79 Å². The molecule has 0 saturated carbocycles. The van der Waals surface area contributed by atoms with Crippen LogP contribution in [-0.2, 0) is 0 Å². The first-order valence-electron chi connectivity index (χ1n) is 8.94. The first-order valence-corrected chi connectivity index (χ1v) is 8.94. The van der Waals surface area contributed by atoms with Crippen LogP contribution in [0.3, 0.4) is 0 Å². The van der Waals surface area contributed by atoms with Crippen LogP contribution in [0, 0.1) is 6.92 Å². The number of nitrogens with one attached hydrogen (secondary N) is 1. The molecule has 4 heteroatoms. The lowest BCUT2D eigenvalue weighted by atomic mass is 9.89. The van der Waals surface area contributed by atoms with Crippen LogP contribution >= 0.6 is 0 Å². The molecule has 1 aliphatic rings. The molecule has 132 valence electrons. The number of hydrogen-bond acceptors (Lipinski definition) is 2. The fraction of sp³-hybridized carbons (Fsp3) is 0.381. The van der Waals surface area contributed by atoms with E-state index in [0.29, 0.717) is 11.7 Å². The molecular weight excluding hydrogens is 312 g/mol. The first-order chi connectivity index (χ1) is 12.0. The molecule has 1 heterocycles. The van der Waals surface area contributed by atoms with Crippen molar-refractivity contribution in [2.75, 3.05) is 13.1 Å². The van der Waals surface area contributed by atoms with Crippen molar-refractivity contribution in [1.29, 1.82) is 0 Å². The number of amides is 2. The average Bonchev–Trinajstić information content (AvgIpc) is 2.63. The molecule has 0 spiro atoms. The molecule has 1 fully saturated rings. The normalized spacial score (nSPS) is 16.5. The molecule has 1 saturated heterocycles. The zero-order valence-corrected chi connectivity index (χ0v) is 14.9. The molecule has 1 unspecified atom stereocenters. The number of likely N-dealkylation sites (tertiary alicyclic amines) is 1. The third-order valence-corrected chi connectivity index (χ3v) is 5.14. The lowest BCUT2D eigenvalue weighted by Crippen LogP contribution is -2.44. The highest BCUT2D eigenvalue weighted by molar-refractivity contribution is 5.75. The Labute approximate surface area is 149 Å². The van der Waals surface area contributed by atoms with Gasteiger partial charge in [-0.05, 0) is 61.4 Å². The van der Waals surface area contributed by atoms with Gasteiger partial charge in [0.05, 0.1) is 6.04 Å². The minimum atomic E-state index is 0.00326. The summed E-state index contributed by atoms with van der Waals surface area (Å²) >= 11 is 0. The summed E-state index contributed by atoms with van der Waals surface area (Å²) in [6.45, 7) is 5.63. The van der Waals surface area contributed by atoms with Crippen LogP contribution in [-0.4, -0.2) is 29.1 Å². The fourth-order valence-corrected chi connectivity index (χ4v) is 3.59. The van der Waals surface area contributed by atoms with Crippen molar-refractivity contribution in [2.24, 2.45) is 0 Å². The number of piperidine rings is 1. The number of phenols is 1. The maximum absolute atomic E-state index is 12.6. The quantitative estimate of drug-likeness (QED) is 0.874. The molecule has 2 amide bonds. The minimum absolute atomic E-state index is 0.00326. The standard InChI is InChI=1S/C21H26N2O2/c1-15-5-3-4-6-20(15)16(2)22-21(25)23-13-11-18(12-14-23)17-7-9-19(24)10-8-17/h3-10,16,18,24H,11-14H2,1-2H3,(H,22,25). The van der Waals surface area contributed by atoms with Crippen molar-refractivity contribution in [2.45, 2.75) is 38.6 Å². The van der Waals surface area contributed by atoms with E-state index in [0.717, 1.165) is 31.5 Å². The van der Waals surface area contributed by atoms with E-state index >= 15 is 0 Å². The second-order valence-corrected chi connectivity index (χ2v) is 6.88. The second-order valence-electron chi connectivity index (χ2n) is 6.88. The monoisotopic (exact) mass is 338 g/mol. The van der Waals surface area contributed by atoms with Crippen LogP contribution in [0.5, 0.6) is 5.75 Å². The van der Waals surface area contributed by atoms with Gasteiger partial charge in [-0.15, -0.1) is 0 Å². The van der Waals surface area contributed by atoms with Gasteiger partial charge in [0.15, 0.2) is 0 Å². The van der Waals surface area contributed by atoms with Gasteiger partial charge in [0, 0.05) is 13.1 Å². The van der Waals surface area contributed by atoms with Gasteiger partial charge in [-0.3, -0.25) is 0 Å². The van der Waals surface area contributed by atoms with Crippen molar-refractivity contribution in [3.05, 3.63) is 65.2 Å². The van der Waals surface area contributed by atoms with E-state index in [1.165, 1.54) is 11.1 Å². The zero-order chi connectivity index (χ0) is 17.8. The van der Waals surface area contributed by atoms with Gasteiger partial charge in [0.1, 0.15) is 5.75 Å². The number of carbonyl (C=O) groups excluding carboxylic acids is 1. The highest BCUT2D eigenvalue weighted by Gasteiger charge is 2.24. The Morgan fingerprint density at radius 2 is 1.76 bits per heavy atom. The summed E-state index contributed by atoms with van der Waals surface area (Å²) in [6.07, 6.45) is 1.91. The molecule has 2 aromatic carbocycles. The largest absolute Gasteiger partial charge is 0.508 e. The molecule has 25 heavy (non-hydrogen) atoms. The van der Waals surface area contributed by atoms with Gasteiger partial charge >= 0.3 is 6.03 Å². The SMILES string of the molecule is Cc1ccccc1C(C)NC(=O)N1CCC(c2ccc(O)cc2)CC1. The Morgan fingerprint density at radius 1 is 1.12 bits per heavy atom. The Balaban J connectivity index is 1.55. The van der Waals surface area contributed by atoms with Crippen molar-refractivity contribution >= 4 is 6.03 Å². The number of nitrogens with zero attached hydrogens (tertiary/aromatic N) is 1. The predicted molar refractivity (Wildman–Crippen MR) is 99.8 cm³/mol. The molecule has 2 N–H and O–H groups in total. The van der Waals surface area contributed by atoms with Crippen LogP contribution < -0.4 is 5.32 Å². The van der Waals surface area contributed by atoms with Gasteiger partial charge < -0.3 is 15.3 Å². The summed E-state index contributed by atoms with van der Waals surface area (Å²) in [5, 5.41) is 12.5. The summed E-state index contributed by atoms with van der Waals surface area (Å²) in [6, 6.07) is 15.6. The van der Waals surface area contributed by atoms with Crippen LogP contribution in [0.4, 0.5) is 4.79 Å². The van der Waals surface area contributed by atoms with Crippen molar-refractivity contribution in [3.63, 3.8) is 0 Å². The third kappa shape index (κ3) is 4.13. The Morgan fingerprint density at radius 3 is 2.40 bits per heavy atom. The number of aryl methyl sites for hydroxylation is 1. The van der Waals surface area contributed by atoms with Crippen molar-refractivity contribution in [1.82, 2.24) is 10.2 Å². The van der Waals surface area contributed by atoms with Crippen LogP contribution in [0.15, 0.2) is 48.5 Å². The molecule has 0 radical (unpaired) electrons. The molecule has 1 aliphatic heterocycles. The van der Waals surface area contributed by atoms with Gasteiger partial charge in [0.2, 0.25) is 0 Å². The van der Waals surface area contributed by atoms with Crippen LogP contribution in [0.1, 0.15) is 48.4 Å². The Bertz CT molecular complexity index is 719. The molecule has 4 nitrogen and oxygen atoms in total. The van der Waals surface area contributed by atoms with E-state index < -0.39 is 0 Å². The highest BCUT2D eigenvalue weighted by atomic mass is 16.3. The van der Waals surface area contributed by atoms with Crippen LogP contribution in [0.25, 0.3) is 0 Å². The van der Waals surface area contributed by atoms with Gasteiger partial charge in [-0.1, -0.05) is 36.4 Å². The number of rotatable bonds is 3. The lowest BCUT2D eigenvalue weighted by Gasteiger charge is -2.33. The van der Waals surface area contributed by atoms with Crippen molar-refractivity contribution in [3.8, 4) is 5.75 Å². The van der Waals surface area contributed by atoms with E-state index in [1.54, 1.807) is 12.1 Å². The summed E-state index contributed by atoms with van der Waals surface area (Å²) in [4.78, 5) is 14.5. The summed E-state index contributed by atoms with van der Waals surface area (Å²) in [5.74, 6) is 0.754. The van der Waals surface area contributed by atoms with Gasteiger partial charge in [0.25, 0.3) is 0 Å². The third-order valence-electron chi connectivity index (χ3n) is 5.14. The molecule has 2 aromatic rings. The fourth-order valence-electron chi connectivity index (χ4n) is 3.59. The van der Waals surface area contributed by atoms with E-state index in [2.05, 4.69) is 24.4 Å². The number of aromatic hydroxyl groups is 1. The van der Waals surface area contributed by atoms with E-state index in [9.17, 15) is 9.90 Å². The Hall–Kier alpha value is -2.49. The van der Waals surface area contributed by atoms with Crippen molar-refractivity contribution < 1.29 is 9.90 Å². The zero-order valence-electron chi connectivity index (χ0n) is 14.9. The van der Waals surface area contributed by atoms with Crippen LogP contribution in [0.2, 0.25) is 0 Å². The smallest absolute Gasteiger partial charge is 0.317 e. The Kier molecular flexibility index (Phi) is 5.27. The number of benzene rings is 2. The lowest BCUT2D eigenvalue weighted by molar-refractivity contribution is 0.178. The second kappa shape index (κ2) is 7.60. The van der Waals surface area contributed by atoms with E-state index in [-0.39, 0.29) is 12.1 Å². The number of phenolic OH excluding ortho intramolecular Hbond substituents is 1. The van der Waals surface area contributed by atoms with Gasteiger partial charge in [-0.2, -0.15) is 0 Å². The highest BCUT2D eigenvalue weighted by Crippen LogP contribution is 2.29. The number of carbonyl (C=O) groups is 1.